The molecule has 0 saturated carbocycles. The molecule has 92 valence electrons. The number of amides is 1. The van der Waals surface area contributed by atoms with Gasteiger partial charge in [0.05, 0.1) is 11.6 Å². The maximum atomic E-state index is 10.9. The third kappa shape index (κ3) is 1.73. The fraction of sp³-hybridized carbons (Fsp3) is 0.231. The molecule has 1 amide bonds. The first-order valence-corrected chi connectivity index (χ1v) is 5.86. The third-order valence-electron chi connectivity index (χ3n) is 3.22. The van der Waals surface area contributed by atoms with Crippen LogP contribution in [0.1, 0.15) is 18.0 Å². The largest absolute Gasteiger partial charge is 0.465 e. The van der Waals surface area contributed by atoms with Gasteiger partial charge in [0.1, 0.15) is 0 Å². The van der Waals surface area contributed by atoms with Crippen molar-refractivity contribution in [3.63, 3.8) is 0 Å². The van der Waals surface area contributed by atoms with Gasteiger partial charge < -0.3 is 15.7 Å². The number of carboxylic acid groups (broad SMARTS) is 1. The first kappa shape index (κ1) is 10.8. The third-order valence-corrected chi connectivity index (χ3v) is 3.22. The highest BCUT2D eigenvalue weighted by molar-refractivity contribution is 5.88. The van der Waals surface area contributed by atoms with Gasteiger partial charge in [0.15, 0.2) is 0 Å². The van der Waals surface area contributed by atoms with E-state index in [9.17, 15) is 4.79 Å². The Morgan fingerprint density at radius 1 is 1.44 bits per heavy atom. The lowest BCUT2D eigenvalue weighted by Crippen LogP contribution is -2.31. The molecule has 5 heteroatoms. The monoisotopic (exact) mass is 243 g/mol. The van der Waals surface area contributed by atoms with Crippen LogP contribution in [-0.4, -0.2) is 22.7 Å². The van der Waals surface area contributed by atoms with Crippen LogP contribution in [0.3, 0.4) is 0 Å². The van der Waals surface area contributed by atoms with E-state index >= 15 is 0 Å². The topological polar surface area (TPSA) is 74.2 Å². The van der Waals surface area contributed by atoms with Crippen LogP contribution < -0.4 is 10.6 Å². The minimum Gasteiger partial charge on any atom is -0.465 e. The van der Waals surface area contributed by atoms with E-state index in [2.05, 4.69) is 15.6 Å². The number of fused-ring (bicyclic) bond motifs is 3. The second-order valence-electron chi connectivity index (χ2n) is 4.31. The van der Waals surface area contributed by atoms with Crippen molar-refractivity contribution in [2.24, 2.45) is 0 Å². The highest BCUT2D eigenvalue weighted by atomic mass is 16.4. The van der Waals surface area contributed by atoms with Crippen molar-refractivity contribution in [3.05, 3.63) is 36.0 Å². The summed E-state index contributed by atoms with van der Waals surface area (Å²) in [5.41, 5.74) is 2.87. The Morgan fingerprint density at radius 3 is 3.17 bits per heavy atom. The number of pyridine rings is 1. The summed E-state index contributed by atoms with van der Waals surface area (Å²) in [6.45, 7) is 0.768. The molecular weight excluding hydrogens is 230 g/mol. The van der Waals surface area contributed by atoms with Crippen LogP contribution in [-0.2, 0) is 0 Å². The second kappa shape index (κ2) is 4.18. The molecule has 1 aliphatic rings. The molecule has 0 aliphatic carbocycles. The number of carbonyl (C=O) groups is 1. The van der Waals surface area contributed by atoms with Crippen molar-refractivity contribution in [1.82, 2.24) is 10.3 Å². The van der Waals surface area contributed by atoms with Crippen molar-refractivity contribution < 1.29 is 9.90 Å². The van der Waals surface area contributed by atoms with Crippen molar-refractivity contribution in [2.45, 2.75) is 12.5 Å². The first-order valence-electron chi connectivity index (χ1n) is 5.86. The maximum absolute atomic E-state index is 10.9. The molecule has 1 aromatic heterocycles. The minimum atomic E-state index is -0.992. The zero-order valence-corrected chi connectivity index (χ0v) is 9.68. The minimum absolute atomic E-state index is 0.174. The van der Waals surface area contributed by atoms with Crippen LogP contribution in [0.4, 0.5) is 10.5 Å². The SMILES string of the molecule is O=C(O)NC1CCNc2ccc3ncccc3c21. The molecule has 0 saturated heterocycles. The van der Waals surface area contributed by atoms with Crippen LogP contribution >= 0.6 is 0 Å². The van der Waals surface area contributed by atoms with E-state index < -0.39 is 6.09 Å². The van der Waals surface area contributed by atoms with Gasteiger partial charge in [-0.25, -0.2) is 4.79 Å². The van der Waals surface area contributed by atoms with Crippen LogP contribution in [0.15, 0.2) is 30.5 Å². The Labute approximate surface area is 104 Å². The Kier molecular flexibility index (Phi) is 2.51. The number of rotatable bonds is 1. The van der Waals surface area contributed by atoms with Gasteiger partial charge in [-0.05, 0) is 24.6 Å². The van der Waals surface area contributed by atoms with Gasteiger partial charge in [0.25, 0.3) is 0 Å². The molecule has 3 rings (SSSR count). The fourth-order valence-electron chi connectivity index (χ4n) is 2.49. The van der Waals surface area contributed by atoms with Crippen molar-refractivity contribution in [3.8, 4) is 0 Å². The highest BCUT2D eigenvalue weighted by Crippen LogP contribution is 2.35. The number of hydrogen-bond acceptors (Lipinski definition) is 3. The Bertz CT molecular complexity index is 612. The predicted octanol–water partition coefficient (Wildman–Crippen LogP) is 2.36. The van der Waals surface area contributed by atoms with Gasteiger partial charge in [-0.15, -0.1) is 0 Å². The second-order valence-corrected chi connectivity index (χ2v) is 4.31. The van der Waals surface area contributed by atoms with E-state index in [1.807, 2.05) is 24.3 Å². The Balaban J connectivity index is 2.18. The molecule has 0 bridgehead atoms. The lowest BCUT2D eigenvalue weighted by Gasteiger charge is -2.27. The number of anilines is 1. The molecule has 0 radical (unpaired) electrons. The average molecular weight is 243 g/mol. The van der Waals surface area contributed by atoms with Crippen molar-refractivity contribution in [1.29, 1.82) is 0 Å². The molecule has 2 aromatic rings. The molecule has 2 heterocycles. The molecule has 1 unspecified atom stereocenters. The zero-order valence-electron chi connectivity index (χ0n) is 9.68. The van der Waals surface area contributed by atoms with E-state index in [1.165, 1.54) is 0 Å². The molecule has 1 aliphatic heterocycles. The van der Waals surface area contributed by atoms with Gasteiger partial charge in [0, 0.05) is 29.4 Å². The summed E-state index contributed by atoms with van der Waals surface area (Å²) < 4.78 is 0. The molecule has 1 atom stereocenters. The standard InChI is InChI=1S/C13H13N3O2/c17-13(18)16-11-5-7-15-10-4-3-9-8(12(10)11)2-1-6-14-9/h1-4,6,11,15-16H,5,7H2,(H,17,18). The molecule has 18 heavy (non-hydrogen) atoms. The first-order chi connectivity index (χ1) is 8.75. The predicted molar refractivity (Wildman–Crippen MR) is 68.8 cm³/mol. The number of benzene rings is 1. The number of nitrogens with one attached hydrogen (secondary N) is 2. The molecule has 5 nitrogen and oxygen atoms in total. The smallest absolute Gasteiger partial charge is 0.405 e. The summed E-state index contributed by atoms with van der Waals surface area (Å²) in [7, 11) is 0. The summed E-state index contributed by atoms with van der Waals surface area (Å²) in [5, 5.41) is 15.8. The van der Waals surface area contributed by atoms with E-state index in [1.54, 1.807) is 6.20 Å². The lowest BCUT2D eigenvalue weighted by atomic mass is 9.94. The van der Waals surface area contributed by atoms with Gasteiger partial charge in [-0.2, -0.15) is 0 Å². The summed E-state index contributed by atoms with van der Waals surface area (Å²) in [4.78, 5) is 15.2. The van der Waals surface area contributed by atoms with Gasteiger partial charge >= 0.3 is 6.09 Å². The van der Waals surface area contributed by atoms with Crippen molar-refractivity contribution >= 4 is 22.7 Å². The molecular formula is C13H13N3O2. The summed E-state index contributed by atoms with van der Waals surface area (Å²) in [6.07, 6.45) is 1.49. The van der Waals surface area contributed by atoms with Crippen LogP contribution in [0.25, 0.3) is 10.9 Å². The Morgan fingerprint density at radius 2 is 2.33 bits per heavy atom. The lowest BCUT2D eigenvalue weighted by molar-refractivity contribution is 0.189. The summed E-state index contributed by atoms with van der Waals surface area (Å²) in [6, 6.07) is 7.58. The molecule has 0 spiro atoms. The molecule has 0 fully saturated rings. The quantitative estimate of drug-likeness (QED) is 0.718. The van der Waals surface area contributed by atoms with Crippen LogP contribution in [0.5, 0.6) is 0 Å². The number of aromatic nitrogens is 1. The maximum Gasteiger partial charge on any atom is 0.405 e. The normalized spacial score (nSPS) is 17.9. The van der Waals surface area contributed by atoms with E-state index in [0.717, 1.165) is 35.1 Å². The highest BCUT2D eigenvalue weighted by Gasteiger charge is 2.23. The number of nitrogens with zero attached hydrogens (tertiary/aromatic N) is 1. The number of hydrogen-bond donors (Lipinski definition) is 3. The van der Waals surface area contributed by atoms with Gasteiger partial charge in [0.2, 0.25) is 0 Å². The Hall–Kier alpha value is -2.30. The van der Waals surface area contributed by atoms with Gasteiger partial charge in [-0.1, -0.05) is 6.07 Å². The average Bonchev–Trinajstić information content (AvgIpc) is 2.38. The van der Waals surface area contributed by atoms with E-state index in [4.69, 9.17) is 5.11 Å². The zero-order chi connectivity index (χ0) is 12.5. The summed E-state index contributed by atoms with van der Waals surface area (Å²) >= 11 is 0. The summed E-state index contributed by atoms with van der Waals surface area (Å²) in [5.74, 6) is 0. The van der Waals surface area contributed by atoms with Crippen molar-refractivity contribution in [2.75, 3.05) is 11.9 Å². The van der Waals surface area contributed by atoms with Crippen LogP contribution in [0.2, 0.25) is 0 Å². The fourth-order valence-corrected chi connectivity index (χ4v) is 2.49. The molecule has 3 N–H and O–H groups in total. The van der Waals surface area contributed by atoms with E-state index in [-0.39, 0.29) is 6.04 Å². The van der Waals surface area contributed by atoms with E-state index in [0.29, 0.717) is 0 Å². The van der Waals surface area contributed by atoms with Gasteiger partial charge in [-0.3, -0.25) is 4.98 Å². The molecule has 1 aromatic carbocycles. The van der Waals surface area contributed by atoms with Crippen LogP contribution in [0, 0.1) is 0 Å².